The molecule has 0 aliphatic heterocycles. The van der Waals surface area contributed by atoms with Crippen LogP contribution in [0.15, 0.2) is 28.9 Å². The predicted octanol–water partition coefficient (Wildman–Crippen LogP) is 3.66. The van der Waals surface area contributed by atoms with Gasteiger partial charge in [0.05, 0.1) is 17.9 Å². The Kier molecular flexibility index (Phi) is 4.85. The highest BCUT2D eigenvalue weighted by molar-refractivity contribution is 9.10. The van der Waals surface area contributed by atoms with Crippen LogP contribution in [0.1, 0.15) is 23.0 Å². The zero-order valence-electron chi connectivity index (χ0n) is 11.4. The fourth-order valence-electron chi connectivity index (χ4n) is 1.56. The Morgan fingerprint density at radius 2 is 2.19 bits per heavy atom. The summed E-state index contributed by atoms with van der Waals surface area (Å²) in [5, 5.41) is 0. The number of aryl methyl sites for hydroxylation is 1. The molecule has 0 spiro atoms. The van der Waals surface area contributed by atoms with Gasteiger partial charge in [-0.2, -0.15) is 4.98 Å². The van der Waals surface area contributed by atoms with Crippen molar-refractivity contribution in [1.29, 1.82) is 0 Å². The molecule has 110 valence electrons. The summed E-state index contributed by atoms with van der Waals surface area (Å²) in [7, 11) is 0. The minimum Gasteiger partial charge on any atom is -0.462 e. The monoisotopic (exact) mass is 354 g/mol. The Labute approximate surface area is 129 Å². The summed E-state index contributed by atoms with van der Waals surface area (Å²) in [5.41, 5.74) is 0.646. The van der Waals surface area contributed by atoms with Gasteiger partial charge in [0, 0.05) is 10.7 Å². The molecular formula is C14H12BrFN2O3. The van der Waals surface area contributed by atoms with E-state index < -0.39 is 11.8 Å². The van der Waals surface area contributed by atoms with Gasteiger partial charge < -0.3 is 9.47 Å². The van der Waals surface area contributed by atoms with Crippen molar-refractivity contribution in [2.75, 3.05) is 6.61 Å². The quantitative estimate of drug-likeness (QED) is 0.784. The summed E-state index contributed by atoms with van der Waals surface area (Å²) in [6.45, 7) is 3.60. The van der Waals surface area contributed by atoms with Crippen LogP contribution < -0.4 is 4.74 Å². The van der Waals surface area contributed by atoms with Crippen LogP contribution in [0.4, 0.5) is 4.39 Å². The van der Waals surface area contributed by atoms with Gasteiger partial charge >= 0.3 is 12.0 Å². The Morgan fingerprint density at radius 3 is 2.86 bits per heavy atom. The number of hydrogen-bond donors (Lipinski definition) is 0. The first kappa shape index (κ1) is 15.4. The molecule has 0 saturated carbocycles. The molecule has 0 radical (unpaired) electrons. The fourth-order valence-corrected chi connectivity index (χ4v) is 1.90. The van der Waals surface area contributed by atoms with Gasteiger partial charge in [-0.1, -0.05) is 15.9 Å². The van der Waals surface area contributed by atoms with Gasteiger partial charge in [0.2, 0.25) is 0 Å². The second kappa shape index (κ2) is 6.62. The molecule has 0 unspecified atom stereocenters. The molecule has 5 nitrogen and oxygen atoms in total. The second-order valence-corrected chi connectivity index (χ2v) is 4.96. The number of halogens is 2. The molecule has 0 amide bonds. The molecule has 7 heteroatoms. The lowest BCUT2D eigenvalue weighted by atomic mass is 10.2. The van der Waals surface area contributed by atoms with Gasteiger partial charge in [0.15, 0.2) is 11.6 Å². The summed E-state index contributed by atoms with van der Waals surface area (Å²) >= 11 is 3.22. The molecule has 0 saturated heterocycles. The van der Waals surface area contributed by atoms with Gasteiger partial charge in [-0.15, -0.1) is 0 Å². The van der Waals surface area contributed by atoms with Crippen molar-refractivity contribution in [3.05, 3.63) is 45.9 Å². The number of benzene rings is 1. The molecule has 2 aromatic rings. The maximum absolute atomic E-state index is 13.6. The summed E-state index contributed by atoms with van der Waals surface area (Å²) < 4.78 is 24.4. The Hall–Kier alpha value is -2.02. The average molecular weight is 355 g/mol. The van der Waals surface area contributed by atoms with Crippen molar-refractivity contribution in [2.45, 2.75) is 13.8 Å². The van der Waals surface area contributed by atoms with Crippen molar-refractivity contribution >= 4 is 21.9 Å². The maximum atomic E-state index is 13.6. The molecular weight excluding hydrogens is 343 g/mol. The van der Waals surface area contributed by atoms with Crippen LogP contribution in [0.2, 0.25) is 0 Å². The van der Waals surface area contributed by atoms with Gasteiger partial charge in [0.1, 0.15) is 0 Å². The van der Waals surface area contributed by atoms with E-state index in [9.17, 15) is 9.18 Å². The number of carbonyl (C=O) groups excluding carboxylic acids is 1. The SMILES string of the molecule is CCOC(=O)c1cnc(Oc2cc(Br)ccc2F)nc1C. The van der Waals surface area contributed by atoms with Crippen LogP contribution in [0.5, 0.6) is 11.8 Å². The summed E-state index contributed by atoms with van der Waals surface area (Å²) in [4.78, 5) is 19.5. The van der Waals surface area contributed by atoms with Crippen LogP contribution in [0.25, 0.3) is 0 Å². The smallest absolute Gasteiger partial charge is 0.341 e. The zero-order valence-corrected chi connectivity index (χ0v) is 13.0. The molecule has 0 atom stereocenters. The Morgan fingerprint density at radius 1 is 1.43 bits per heavy atom. The first-order valence-electron chi connectivity index (χ1n) is 6.15. The van der Waals surface area contributed by atoms with E-state index in [1.165, 1.54) is 18.3 Å². The molecule has 1 heterocycles. The largest absolute Gasteiger partial charge is 0.462 e. The minimum absolute atomic E-state index is 0.00680. The van der Waals surface area contributed by atoms with Crippen LogP contribution in [0, 0.1) is 12.7 Å². The highest BCUT2D eigenvalue weighted by atomic mass is 79.9. The Bertz CT molecular complexity index is 679. The second-order valence-electron chi connectivity index (χ2n) is 4.05. The lowest BCUT2D eigenvalue weighted by Crippen LogP contribution is -2.09. The molecule has 2 rings (SSSR count). The van der Waals surface area contributed by atoms with E-state index in [-0.39, 0.29) is 23.9 Å². The van der Waals surface area contributed by atoms with Crippen molar-refractivity contribution in [2.24, 2.45) is 0 Å². The number of esters is 1. The third-order valence-corrected chi connectivity index (χ3v) is 3.04. The topological polar surface area (TPSA) is 61.3 Å². The summed E-state index contributed by atoms with van der Waals surface area (Å²) in [6.07, 6.45) is 1.30. The standard InChI is InChI=1S/C14H12BrFN2O3/c1-3-20-13(19)10-7-17-14(18-8(10)2)21-12-6-9(15)4-5-11(12)16/h4-7H,3H2,1-2H3. The highest BCUT2D eigenvalue weighted by Gasteiger charge is 2.14. The molecule has 21 heavy (non-hydrogen) atoms. The Balaban J connectivity index is 2.24. The van der Waals surface area contributed by atoms with Crippen LogP contribution in [-0.2, 0) is 4.74 Å². The number of aromatic nitrogens is 2. The minimum atomic E-state index is -0.533. The van der Waals surface area contributed by atoms with Crippen molar-refractivity contribution < 1.29 is 18.7 Å². The molecule has 0 N–H and O–H groups in total. The van der Waals surface area contributed by atoms with E-state index in [1.54, 1.807) is 19.9 Å². The lowest BCUT2D eigenvalue weighted by molar-refractivity contribution is 0.0524. The third-order valence-electron chi connectivity index (χ3n) is 2.55. The summed E-state index contributed by atoms with van der Waals surface area (Å²) in [6, 6.07) is 4.24. The molecule has 0 fully saturated rings. The first-order valence-corrected chi connectivity index (χ1v) is 6.94. The van der Waals surface area contributed by atoms with Gasteiger partial charge in [-0.25, -0.2) is 14.2 Å². The lowest BCUT2D eigenvalue weighted by Gasteiger charge is -2.08. The number of nitrogens with zero attached hydrogens (tertiary/aromatic N) is 2. The van der Waals surface area contributed by atoms with Gasteiger partial charge in [-0.3, -0.25) is 0 Å². The van der Waals surface area contributed by atoms with Crippen molar-refractivity contribution in [3.8, 4) is 11.8 Å². The van der Waals surface area contributed by atoms with E-state index >= 15 is 0 Å². The molecule has 0 aliphatic carbocycles. The van der Waals surface area contributed by atoms with Gasteiger partial charge in [-0.05, 0) is 32.0 Å². The van der Waals surface area contributed by atoms with E-state index in [2.05, 4.69) is 25.9 Å². The first-order chi connectivity index (χ1) is 10.0. The van der Waals surface area contributed by atoms with Crippen LogP contribution >= 0.6 is 15.9 Å². The zero-order chi connectivity index (χ0) is 15.4. The molecule has 1 aromatic heterocycles. The maximum Gasteiger partial charge on any atom is 0.341 e. The van der Waals surface area contributed by atoms with E-state index in [0.717, 1.165) is 0 Å². The number of hydrogen-bond acceptors (Lipinski definition) is 5. The van der Waals surface area contributed by atoms with Crippen molar-refractivity contribution in [3.63, 3.8) is 0 Å². The van der Waals surface area contributed by atoms with Gasteiger partial charge in [0.25, 0.3) is 0 Å². The molecule has 0 aliphatic rings. The number of rotatable bonds is 4. The molecule has 0 bridgehead atoms. The number of ether oxygens (including phenoxy) is 2. The third kappa shape index (κ3) is 3.75. The van der Waals surface area contributed by atoms with Crippen molar-refractivity contribution in [1.82, 2.24) is 9.97 Å². The predicted molar refractivity (Wildman–Crippen MR) is 76.9 cm³/mol. The summed E-state index contributed by atoms with van der Waals surface area (Å²) in [5.74, 6) is -1.04. The van der Waals surface area contributed by atoms with E-state index in [4.69, 9.17) is 9.47 Å². The highest BCUT2D eigenvalue weighted by Crippen LogP contribution is 2.26. The normalized spacial score (nSPS) is 10.3. The van der Waals surface area contributed by atoms with Crippen LogP contribution in [-0.4, -0.2) is 22.5 Å². The fraction of sp³-hybridized carbons (Fsp3) is 0.214. The van der Waals surface area contributed by atoms with Crippen LogP contribution in [0.3, 0.4) is 0 Å². The van der Waals surface area contributed by atoms with E-state index in [1.807, 2.05) is 0 Å². The number of carbonyl (C=O) groups is 1. The molecule has 1 aromatic carbocycles. The van der Waals surface area contributed by atoms with E-state index in [0.29, 0.717) is 10.2 Å². The average Bonchev–Trinajstić information content (AvgIpc) is 2.43.